The highest BCUT2D eigenvalue weighted by Crippen LogP contribution is 2.24. The van der Waals surface area contributed by atoms with Crippen LogP contribution in [0.25, 0.3) is 6.08 Å². The molecule has 0 amide bonds. The van der Waals surface area contributed by atoms with Gasteiger partial charge in [0.05, 0.1) is 18.4 Å². The van der Waals surface area contributed by atoms with E-state index in [2.05, 4.69) is 10.3 Å². The molecule has 0 unspecified atom stereocenters. The fourth-order valence-electron chi connectivity index (χ4n) is 2.50. The zero-order valence-corrected chi connectivity index (χ0v) is 14.7. The number of nitrogen functional groups attached to an aromatic ring is 1. The number of carbonyl (C=O) groups is 1. The Morgan fingerprint density at radius 2 is 1.96 bits per heavy atom. The van der Waals surface area contributed by atoms with Gasteiger partial charge in [0.15, 0.2) is 5.78 Å². The van der Waals surface area contributed by atoms with Crippen molar-refractivity contribution >= 4 is 29.1 Å². The lowest BCUT2D eigenvalue weighted by atomic mass is 10.1. The number of pyridine rings is 1. The number of hydrogen-bond acceptors (Lipinski definition) is 6. The number of anilines is 3. The summed E-state index contributed by atoms with van der Waals surface area (Å²) in [6.45, 7) is 0. The Morgan fingerprint density at radius 3 is 2.67 bits per heavy atom. The van der Waals surface area contributed by atoms with Crippen molar-refractivity contribution < 1.29 is 14.6 Å². The van der Waals surface area contributed by atoms with Crippen LogP contribution in [0.4, 0.5) is 17.2 Å². The van der Waals surface area contributed by atoms with Gasteiger partial charge in [0, 0.05) is 11.9 Å². The largest absolute Gasteiger partial charge is 0.508 e. The van der Waals surface area contributed by atoms with Crippen LogP contribution in [0.2, 0.25) is 0 Å². The highest BCUT2D eigenvalue weighted by atomic mass is 16.5. The molecule has 6 nitrogen and oxygen atoms in total. The molecule has 0 aliphatic rings. The predicted molar refractivity (Wildman–Crippen MR) is 106 cm³/mol. The Bertz CT molecular complexity index is 982. The van der Waals surface area contributed by atoms with E-state index in [9.17, 15) is 9.90 Å². The number of carbonyl (C=O) groups excluding carboxylic acids is 1. The van der Waals surface area contributed by atoms with Gasteiger partial charge in [-0.05, 0) is 60.2 Å². The molecular weight excluding hydrogens is 342 g/mol. The molecule has 0 saturated carbocycles. The number of nitrogens with one attached hydrogen (secondary N) is 1. The van der Waals surface area contributed by atoms with Crippen LogP contribution < -0.4 is 15.8 Å². The second-order valence-electron chi connectivity index (χ2n) is 5.77. The standard InChI is InChI=1S/C21H19N3O3/c1-27-20-11-5-14(13-18(20)22)4-10-19(26)17-3-2-12-23-21(17)24-15-6-8-16(25)9-7-15/h2-13,25H,22H2,1H3,(H,23,24)/b10-4+. The average Bonchev–Trinajstić information content (AvgIpc) is 2.68. The third-order valence-corrected chi connectivity index (χ3v) is 3.88. The van der Waals surface area contributed by atoms with Crippen molar-refractivity contribution in [3.63, 3.8) is 0 Å². The third-order valence-electron chi connectivity index (χ3n) is 3.88. The number of allylic oxidation sites excluding steroid dienone is 1. The fourth-order valence-corrected chi connectivity index (χ4v) is 2.50. The molecule has 1 heterocycles. The molecule has 0 bridgehead atoms. The number of phenolic OH excluding ortho intramolecular Hbond substituents is 1. The first kappa shape index (κ1) is 18.0. The minimum atomic E-state index is -0.196. The number of ketones is 1. The Labute approximate surface area is 156 Å². The highest BCUT2D eigenvalue weighted by Gasteiger charge is 2.10. The SMILES string of the molecule is COc1ccc(/C=C/C(=O)c2cccnc2Nc2ccc(O)cc2)cc1N. The summed E-state index contributed by atoms with van der Waals surface area (Å²) < 4.78 is 5.13. The van der Waals surface area contributed by atoms with Gasteiger partial charge < -0.3 is 20.9 Å². The first-order valence-corrected chi connectivity index (χ1v) is 8.24. The summed E-state index contributed by atoms with van der Waals surface area (Å²) >= 11 is 0. The quantitative estimate of drug-likeness (QED) is 0.266. The number of ether oxygens (including phenoxy) is 1. The number of aromatic hydroxyl groups is 1. The molecule has 27 heavy (non-hydrogen) atoms. The van der Waals surface area contributed by atoms with E-state index in [1.807, 2.05) is 6.07 Å². The van der Waals surface area contributed by atoms with E-state index in [1.165, 1.54) is 6.08 Å². The van der Waals surface area contributed by atoms with Crippen molar-refractivity contribution in [1.82, 2.24) is 4.98 Å². The first-order valence-electron chi connectivity index (χ1n) is 8.24. The molecule has 6 heteroatoms. The van der Waals surface area contributed by atoms with E-state index in [0.29, 0.717) is 28.5 Å². The maximum absolute atomic E-state index is 12.6. The molecule has 0 atom stereocenters. The molecule has 3 aromatic rings. The molecule has 0 saturated heterocycles. The summed E-state index contributed by atoms with van der Waals surface area (Å²) in [6.07, 6.45) is 4.77. The number of rotatable bonds is 6. The van der Waals surface area contributed by atoms with Gasteiger partial charge in [0.25, 0.3) is 0 Å². The van der Waals surface area contributed by atoms with Gasteiger partial charge in [-0.25, -0.2) is 4.98 Å². The van der Waals surface area contributed by atoms with Crippen LogP contribution in [0.1, 0.15) is 15.9 Å². The normalized spacial score (nSPS) is 10.7. The zero-order chi connectivity index (χ0) is 19.2. The Kier molecular flexibility index (Phi) is 5.37. The summed E-state index contributed by atoms with van der Waals surface area (Å²) in [5, 5.41) is 12.5. The second-order valence-corrected chi connectivity index (χ2v) is 5.77. The summed E-state index contributed by atoms with van der Waals surface area (Å²) in [7, 11) is 1.55. The predicted octanol–water partition coefficient (Wildman–Crippen LogP) is 4.02. The van der Waals surface area contributed by atoms with Crippen LogP contribution in [0.5, 0.6) is 11.5 Å². The summed E-state index contributed by atoms with van der Waals surface area (Å²) in [6, 6.07) is 15.2. The van der Waals surface area contributed by atoms with Gasteiger partial charge in [-0.1, -0.05) is 12.1 Å². The number of nitrogens with two attached hydrogens (primary N) is 1. The molecule has 0 radical (unpaired) electrons. The minimum Gasteiger partial charge on any atom is -0.508 e. The van der Waals surface area contributed by atoms with Gasteiger partial charge >= 0.3 is 0 Å². The van der Waals surface area contributed by atoms with E-state index in [-0.39, 0.29) is 11.5 Å². The van der Waals surface area contributed by atoms with E-state index in [4.69, 9.17) is 10.5 Å². The van der Waals surface area contributed by atoms with Crippen molar-refractivity contribution in [1.29, 1.82) is 0 Å². The maximum Gasteiger partial charge on any atom is 0.189 e. The fraction of sp³-hybridized carbons (Fsp3) is 0.0476. The van der Waals surface area contributed by atoms with E-state index < -0.39 is 0 Å². The Balaban J connectivity index is 1.80. The third kappa shape index (κ3) is 4.43. The first-order chi connectivity index (χ1) is 13.1. The van der Waals surface area contributed by atoms with Crippen LogP contribution in [0.3, 0.4) is 0 Å². The van der Waals surface area contributed by atoms with Crippen LogP contribution in [0.15, 0.2) is 66.9 Å². The van der Waals surface area contributed by atoms with Gasteiger partial charge in [0.1, 0.15) is 17.3 Å². The minimum absolute atomic E-state index is 0.166. The molecule has 0 spiro atoms. The number of nitrogens with zero attached hydrogens (tertiary/aromatic N) is 1. The van der Waals surface area contributed by atoms with Crippen molar-refractivity contribution in [2.45, 2.75) is 0 Å². The highest BCUT2D eigenvalue weighted by molar-refractivity contribution is 6.10. The molecule has 136 valence electrons. The van der Waals surface area contributed by atoms with E-state index in [1.54, 1.807) is 67.9 Å². The van der Waals surface area contributed by atoms with Gasteiger partial charge in [-0.3, -0.25) is 4.79 Å². The molecular formula is C21H19N3O3. The zero-order valence-electron chi connectivity index (χ0n) is 14.7. The molecule has 1 aromatic heterocycles. The molecule has 4 N–H and O–H groups in total. The van der Waals surface area contributed by atoms with Gasteiger partial charge in [-0.15, -0.1) is 0 Å². The van der Waals surface area contributed by atoms with E-state index in [0.717, 1.165) is 5.56 Å². The van der Waals surface area contributed by atoms with Crippen LogP contribution >= 0.6 is 0 Å². The number of phenols is 1. The molecule has 3 rings (SSSR count). The smallest absolute Gasteiger partial charge is 0.189 e. The Hall–Kier alpha value is -3.80. The van der Waals surface area contributed by atoms with Crippen LogP contribution in [0, 0.1) is 0 Å². The summed E-state index contributed by atoms with van der Waals surface area (Å²) in [4.78, 5) is 16.9. The average molecular weight is 361 g/mol. The van der Waals surface area contributed by atoms with Crippen LogP contribution in [-0.2, 0) is 0 Å². The molecule has 0 aliphatic heterocycles. The number of hydrogen-bond donors (Lipinski definition) is 3. The molecule has 2 aromatic carbocycles. The van der Waals surface area contributed by atoms with Crippen molar-refractivity contribution in [3.8, 4) is 11.5 Å². The lowest BCUT2D eigenvalue weighted by molar-refractivity contribution is 0.104. The topological polar surface area (TPSA) is 97.5 Å². The molecule has 0 fully saturated rings. The van der Waals surface area contributed by atoms with Crippen molar-refractivity contribution in [2.24, 2.45) is 0 Å². The molecule has 0 aliphatic carbocycles. The summed E-state index contributed by atoms with van der Waals surface area (Å²) in [5.41, 5.74) is 8.33. The van der Waals surface area contributed by atoms with Gasteiger partial charge in [-0.2, -0.15) is 0 Å². The number of methoxy groups -OCH3 is 1. The van der Waals surface area contributed by atoms with Crippen LogP contribution in [-0.4, -0.2) is 23.0 Å². The Morgan fingerprint density at radius 1 is 1.19 bits per heavy atom. The number of aromatic nitrogens is 1. The second kappa shape index (κ2) is 8.05. The van der Waals surface area contributed by atoms with Crippen molar-refractivity contribution in [2.75, 3.05) is 18.2 Å². The monoisotopic (exact) mass is 361 g/mol. The van der Waals surface area contributed by atoms with Crippen molar-refractivity contribution in [3.05, 3.63) is 78.0 Å². The summed E-state index contributed by atoms with van der Waals surface area (Å²) in [5.74, 6) is 0.997. The number of benzene rings is 2. The van der Waals surface area contributed by atoms with E-state index >= 15 is 0 Å². The van der Waals surface area contributed by atoms with Gasteiger partial charge in [0.2, 0.25) is 0 Å². The lowest BCUT2D eigenvalue weighted by Gasteiger charge is -2.09. The lowest BCUT2D eigenvalue weighted by Crippen LogP contribution is -2.03. The maximum atomic E-state index is 12.6.